The third-order valence-corrected chi connectivity index (χ3v) is 5.58. The van der Waals surface area contributed by atoms with E-state index in [-0.39, 0.29) is 6.04 Å². The second kappa shape index (κ2) is 5.08. The van der Waals surface area contributed by atoms with Gasteiger partial charge in [0.15, 0.2) is 0 Å². The Morgan fingerprint density at radius 3 is 2.90 bits per heavy atom. The van der Waals surface area contributed by atoms with Crippen LogP contribution in [0.5, 0.6) is 0 Å². The molecule has 1 aromatic heterocycles. The van der Waals surface area contributed by atoms with E-state index in [1.807, 2.05) is 12.3 Å². The molecule has 3 nitrogen and oxygen atoms in total. The smallest absolute Gasteiger partial charge is 0.0705 e. The summed E-state index contributed by atoms with van der Waals surface area (Å²) in [5.41, 5.74) is 9.00. The van der Waals surface area contributed by atoms with Crippen LogP contribution in [0.3, 0.4) is 0 Å². The average molecular weight is 281 g/mol. The molecule has 1 aromatic carbocycles. The molecule has 0 aliphatic carbocycles. The molecule has 0 radical (unpaired) electrons. The van der Waals surface area contributed by atoms with Crippen LogP contribution in [-0.4, -0.2) is 29.0 Å². The molecule has 21 heavy (non-hydrogen) atoms. The normalized spacial score (nSPS) is 33.2. The van der Waals surface area contributed by atoms with Crippen molar-refractivity contribution in [3.05, 3.63) is 42.1 Å². The number of piperidine rings is 3. The molecule has 2 bridgehead atoms. The summed E-state index contributed by atoms with van der Waals surface area (Å²) in [6.07, 6.45) is 4.50. The van der Waals surface area contributed by atoms with Gasteiger partial charge in [0.2, 0.25) is 0 Å². The van der Waals surface area contributed by atoms with Gasteiger partial charge in [-0.25, -0.2) is 0 Å². The van der Waals surface area contributed by atoms with Crippen molar-refractivity contribution in [3.8, 4) is 0 Å². The van der Waals surface area contributed by atoms with Crippen molar-refractivity contribution in [2.24, 2.45) is 17.6 Å². The quantitative estimate of drug-likeness (QED) is 0.920. The topological polar surface area (TPSA) is 42.1 Å². The van der Waals surface area contributed by atoms with E-state index < -0.39 is 0 Å². The summed E-state index contributed by atoms with van der Waals surface area (Å²) < 4.78 is 0. The minimum absolute atomic E-state index is 0.0909. The molecular formula is C18H23N3. The van der Waals surface area contributed by atoms with Crippen LogP contribution in [0.1, 0.15) is 31.4 Å². The zero-order chi connectivity index (χ0) is 14.4. The maximum absolute atomic E-state index is 6.70. The summed E-state index contributed by atoms with van der Waals surface area (Å²) in [6, 6.07) is 11.0. The summed E-state index contributed by atoms with van der Waals surface area (Å²) in [5, 5.41) is 1.21. The Bertz CT molecular complexity index is 648. The Labute approximate surface area is 126 Å². The van der Waals surface area contributed by atoms with Crippen molar-refractivity contribution in [1.29, 1.82) is 0 Å². The molecule has 5 atom stereocenters. The number of nitrogens with zero attached hydrogens (tertiary/aromatic N) is 2. The highest BCUT2D eigenvalue weighted by molar-refractivity contribution is 5.82. The molecule has 3 heteroatoms. The third-order valence-electron chi connectivity index (χ3n) is 5.58. The number of rotatable bonds is 2. The van der Waals surface area contributed by atoms with Crippen LogP contribution < -0.4 is 5.73 Å². The van der Waals surface area contributed by atoms with Crippen LogP contribution in [0.15, 0.2) is 36.5 Å². The van der Waals surface area contributed by atoms with Gasteiger partial charge in [-0.1, -0.05) is 25.1 Å². The first-order chi connectivity index (χ1) is 10.2. The Kier molecular flexibility index (Phi) is 3.20. The summed E-state index contributed by atoms with van der Waals surface area (Å²) >= 11 is 0. The number of nitrogens with two attached hydrogens (primary N) is 1. The fraction of sp³-hybridized carbons (Fsp3) is 0.500. The predicted octanol–water partition coefficient (Wildman–Crippen LogP) is 2.96. The number of para-hydroxylation sites is 1. The van der Waals surface area contributed by atoms with E-state index >= 15 is 0 Å². The maximum Gasteiger partial charge on any atom is 0.0705 e. The molecule has 2 aromatic rings. The van der Waals surface area contributed by atoms with E-state index in [1.165, 1.54) is 36.9 Å². The second-order valence-electron chi connectivity index (χ2n) is 6.77. The number of hydrogen-bond donors (Lipinski definition) is 1. The van der Waals surface area contributed by atoms with Crippen molar-refractivity contribution >= 4 is 10.9 Å². The van der Waals surface area contributed by atoms with Crippen molar-refractivity contribution in [3.63, 3.8) is 0 Å². The Morgan fingerprint density at radius 2 is 2.14 bits per heavy atom. The number of benzene rings is 1. The summed E-state index contributed by atoms with van der Waals surface area (Å²) in [6.45, 7) is 4.82. The molecular weight excluding hydrogens is 258 g/mol. The third kappa shape index (κ3) is 2.16. The van der Waals surface area contributed by atoms with Crippen LogP contribution >= 0.6 is 0 Å². The zero-order valence-corrected chi connectivity index (χ0v) is 12.6. The van der Waals surface area contributed by atoms with Crippen LogP contribution in [0.4, 0.5) is 0 Å². The lowest BCUT2D eigenvalue weighted by Gasteiger charge is -2.51. The van der Waals surface area contributed by atoms with Gasteiger partial charge >= 0.3 is 0 Å². The lowest BCUT2D eigenvalue weighted by Crippen LogP contribution is -2.56. The van der Waals surface area contributed by atoms with Crippen molar-refractivity contribution in [2.45, 2.75) is 31.8 Å². The molecule has 4 unspecified atom stereocenters. The number of pyridine rings is 1. The van der Waals surface area contributed by atoms with Crippen molar-refractivity contribution in [2.75, 3.05) is 13.1 Å². The van der Waals surface area contributed by atoms with Crippen LogP contribution in [-0.2, 0) is 0 Å². The molecule has 3 saturated heterocycles. The summed E-state index contributed by atoms with van der Waals surface area (Å²) in [4.78, 5) is 7.08. The van der Waals surface area contributed by atoms with E-state index in [9.17, 15) is 0 Å². The minimum atomic E-state index is 0.0909. The van der Waals surface area contributed by atoms with Gasteiger partial charge in [-0.15, -0.1) is 0 Å². The maximum atomic E-state index is 6.70. The Morgan fingerprint density at radius 1 is 1.29 bits per heavy atom. The lowest BCUT2D eigenvalue weighted by atomic mass is 9.74. The van der Waals surface area contributed by atoms with Gasteiger partial charge in [-0.3, -0.25) is 9.88 Å². The molecule has 110 valence electrons. The molecule has 3 fully saturated rings. The van der Waals surface area contributed by atoms with E-state index in [0.29, 0.717) is 6.04 Å². The van der Waals surface area contributed by atoms with Crippen molar-refractivity contribution in [1.82, 2.24) is 9.88 Å². The van der Waals surface area contributed by atoms with Gasteiger partial charge < -0.3 is 5.73 Å². The van der Waals surface area contributed by atoms with Crippen LogP contribution in [0.2, 0.25) is 0 Å². The fourth-order valence-electron chi connectivity index (χ4n) is 4.33. The first-order valence-corrected chi connectivity index (χ1v) is 8.07. The second-order valence-corrected chi connectivity index (χ2v) is 6.77. The first kappa shape index (κ1) is 13.2. The molecule has 0 saturated carbocycles. The van der Waals surface area contributed by atoms with Gasteiger partial charge in [0.25, 0.3) is 0 Å². The number of fused-ring (bicyclic) bond motifs is 4. The average Bonchev–Trinajstić information content (AvgIpc) is 2.54. The molecule has 3 aliphatic heterocycles. The molecule has 3 aliphatic rings. The fourth-order valence-corrected chi connectivity index (χ4v) is 4.33. The van der Waals surface area contributed by atoms with Gasteiger partial charge in [0, 0.05) is 30.2 Å². The molecule has 2 N–H and O–H groups in total. The standard InChI is InChI=1S/C18H23N3/c1-12-11-21-9-7-13(12)10-17(21)18(19)15-6-8-20-16-5-3-2-4-14(15)16/h2-6,8,12-13,17-18H,7,9-11,19H2,1H3/t12?,13?,17?,18-/m0/s1. The van der Waals surface area contributed by atoms with E-state index in [2.05, 4.69) is 41.1 Å². The monoisotopic (exact) mass is 281 g/mol. The van der Waals surface area contributed by atoms with Crippen LogP contribution in [0.25, 0.3) is 10.9 Å². The summed E-state index contributed by atoms with van der Waals surface area (Å²) in [5.74, 6) is 1.69. The van der Waals surface area contributed by atoms with Gasteiger partial charge in [0.1, 0.15) is 0 Å². The van der Waals surface area contributed by atoms with Gasteiger partial charge in [0.05, 0.1) is 5.52 Å². The highest BCUT2D eigenvalue weighted by Crippen LogP contribution is 2.40. The van der Waals surface area contributed by atoms with E-state index in [4.69, 9.17) is 5.73 Å². The van der Waals surface area contributed by atoms with Crippen molar-refractivity contribution < 1.29 is 0 Å². The zero-order valence-electron chi connectivity index (χ0n) is 12.6. The van der Waals surface area contributed by atoms with E-state index in [1.54, 1.807) is 0 Å². The largest absolute Gasteiger partial charge is 0.323 e. The molecule has 5 rings (SSSR count). The van der Waals surface area contributed by atoms with Gasteiger partial charge in [-0.2, -0.15) is 0 Å². The highest BCUT2D eigenvalue weighted by atomic mass is 15.2. The Balaban J connectivity index is 1.69. The Hall–Kier alpha value is -1.45. The van der Waals surface area contributed by atoms with E-state index in [0.717, 1.165) is 17.4 Å². The SMILES string of the molecule is CC1CN2CCC1CC2[C@@H](N)c1ccnc2ccccc12. The van der Waals surface area contributed by atoms with Gasteiger partial charge in [-0.05, 0) is 48.9 Å². The van der Waals surface area contributed by atoms with Crippen LogP contribution in [0, 0.1) is 11.8 Å². The highest BCUT2D eigenvalue weighted by Gasteiger charge is 2.40. The molecule has 4 heterocycles. The molecule has 0 amide bonds. The number of hydrogen-bond acceptors (Lipinski definition) is 3. The lowest BCUT2D eigenvalue weighted by molar-refractivity contribution is -0.00254. The molecule has 0 spiro atoms. The summed E-state index contributed by atoms with van der Waals surface area (Å²) in [7, 11) is 0. The minimum Gasteiger partial charge on any atom is -0.323 e. The predicted molar refractivity (Wildman–Crippen MR) is 85.9 cm³/mol. The number of aromatic nitrogens is 1. The first-order valence-electron chi connectivity index (χ1n) is 8.07.